The first-order chi connectivity index (χ1) is 39.6. The third-order valence-corrected chi connectivity index (χ3v) is 13.6. The topological polar surface area (TPSA) is 193 Å². The van der Waals surface area contributed by atoms with E-state index < -0.39 is 12.6 Å². The van der Waals surface area contributed by atoms with Crippen LogP contribution in [-0.2, 0) is 47.9 Å². The zero-order valence-corrected chi connectivity index (χ0v) is 48.4. The molecule has 0 spiro atoms. The lowest BCUT2D eigenvalue weighted by Gasteiger charge is -2.18. The van der Waals surface area contributed by atoms with Crippen molar-refractivity contribution >= 4 is 75.5 Å². The molecule has 0 saturated heterocycles. The lowest BCUT2D eigenvalue weighted by atomic mass is 10.1. The summed E-state index contributed by atoms with van der Waals surface area (Å²) >= 11 is 18.4. The molecule has 82 heavy (non-hydrogen) atoms. The predicted molar refractivity (Wildman–Crippen MR) is 312 cm³/mol. The van der Waals surface area contributed by atoms with Gasteiger partial charge >= 0.3 is 11.9 Å². The molecule has 18 nitrogen and oxygen atoms in total. The molecule has 22 heteroatoms. The lowest BCUT2D eigenvalue weighted by Crippen LogP contribution is -2.32. The molecule has 2 amide bonds. The van der Waals surface area contributed by atoms with Gasteiger partial charge in [0.25, 0.3) is 0 Å². The molecule has 0 fully saturated rings. The number of pyridine rings is 3. The summed E-state index contributed by atoms with van der Waals surface area (Å²) < 4.78 is 43.0. The first kappa shape index (κ1) is 61.4. The number of rotatable bonds is 21. The Morgan fingerprint density at radius 1 is 0.524 bits per heavy atom. The molecular weight excluding hydrogens is 1120 g/mol. The van der Waals surface area contributed by atoms with Gasteiger partial charge in [-0.3, -0.25) is 19.2 Å². The number of nitrogens with zero attached hydrogens (tertiary/aromatic N) is 8. The smallest absolute Gasteiger partial charge is 0.311 e. The highest BCUT2D eigenvalue weighted by Gasteiger charge is 2.23. The summed E-state index contributed by atoms with van der Waals surface area (Å²) in [4.78, 5) is 65.8. The van der Waals surface area contributed by atoms with Gasteiger partial charge in [0.05, 0.1) is 75.6 Å². The Balaban J connectivity index is 0.000000178. The summed E-state index contributed by atoms with van der Waals surface area (Å²) in [6, 6.07) is 32.4. The largest absolute Gasteiger partial charge is 0.491 e. The summed E-state index contributed by atoms with van der Waals surface area (Å²) in [6.07, 6.45) is 5.77. The van der Waals surface area contributed by atoms with Crippen LogP contribution >= 0.6 is 34.8 Å². The molecule has 430 valence electrons. The zero-order valence-electron chi connectivity index (χ0n) is 46.1. The number of alkyl halides is 1. The van der Waals surface area contributed by atoms with E-state index in [2.05, 4.69) is 4.98 Å². The van der Waals surface area contributed by atoms with E-state index in [0.717, 1.165) is 39.4 Å². The molecule has 9 aromatic rings. The van der Waals surface area contributed by atoms with Crippen LogP contribution in [0.3, 0.4) is 0 Å². The fourth-order valence-corrected chi connectivity index (χ4v) is 9.29. The van der Waals surface area contributed by atoms with Gasteiger partial charge in [-0.1, -0.05) is 34.8 Å². The maximum absolute atomic E-state index is 12.8. The van der Waals surface area contributed by atoms with E-state index in [1.807, 2.05) is 85.0 Å². The number of halogens is 4. The van der Waals surface area contributed by atoms with Gasteiger partial charge in [0, 0.05) is 68.4 Å². The SMILES string of the molecule is CCN(CC)C(=O)Cc1c(-c2ccc(OCO)cc2)nc2ccc(Cl)cn12.CCN(CC)C(=O)Cc1c(-c2ccc(OCOC(C)=O)cc2)nc2ccc(Cl)cn12.COC(=O)Cc1c(-c2ccc(OCCF)cc2)nc2ccc(Cl)cn12. The maximum Gasteiger partial charge on any atom is 0.311 e. The van der Waals surface area contributed by atoms with Crippen LogP contribution in [0.1, 0.15) is 51.7 Å². The predicted octanol–water partition coefficient (Wildman–Crippen LogP) is 11.1. The minimum Gasteiger partial charge on any atom is -0.491 e. The van der Waals surface area contributed by atoms with Crippen molar-refractivity contribution in [3.05, 3.63) is 160 Å². The molecule has 1 N–H and O–H groups in total. The third kappa shape index (κ3) is 15.6. The Morgan fingerprint density at radius 2 is 0.878 bits per heavy atom. The van der Waals surface area contributed by atoms with Gasteiger partial charge in [0.2, 0.25) is 18.6 Å². The number of benzene rings is 3. The van der Waals surface area contributed by atoms with Crippen LogP contribution in [0, 0.1) is 0 Å². The number of fused-ring (bicyclic) bond motifs is 3. The molecule has 0 bridgehead atoms. The molecule has 3 aromatic carbocycles. The average molecular weight is 1180 g/mol. The van der Waals surface area contributed by atoms with Gasteiger partial charge in [-0.2, -0.15) is 0 Å². The standard InChI is InChI=1S/C22H24ClN3O4.C20H22ClN3O3.C18H16ClFN2O3/c1-4-25(5-2)21(28)12-19-22(24-20-11-8-17(23)13-26(19)20)16-6-9-18(10-7-16)30-14-29-15(3)27;1-3-23(4-2)19(26)11-17-20(14-5-8-16(9-6-14)27-13-25)22-18-10-7-15(21)12-24(17)18;1-24-17(23)10-15-18(21-16-7-4-13(19)11-22(15)16)12-2-5-14(6-3-12)25-9-8-20/h6-11,13H,4-5,12,14H2,1-3H3;5-10,12,25H,3-4,11,13H2,1-2H3;2-7,11H,8-10H2,1H3. The minimum atomic E-state index is -0.543. The summed E-state index contributed by atoms with van der Waals surface area (Å²) in [5.41, 5.74) is 8.99. The number of carbonyl (C=O) groups is 4. The first-order valence-electron chi connectivity index (χ1n) is 26.2. The van der Waals surface area contributed by atoms with Crippen molar-refractivity contribution in [1.82, 2.24) is 38.0 Å². The van der Waals surface area contributed by atoms with Crippen molar-refractivity contribution in [3.63, 3.8) is 0 Å². The highest BCUT2D eigenvalue weighted by Crippen LogP contribution is 2.32. The number of ether oxygens (including phenoxy) is 5. The normalized spacial score (nSPS) is 10.9. The molecule has 0 unspecified atom stereocenters. The fourth-order valence-electron chi connectivity index (χ4n) is 8.81. The number of aromatic nitrogens is 6. The van der Waals surface area contributed by atoms with Crippen LogP contribution < -0.4 is 14.2 Å². The molecule has 0 aliphatic heterocycles. The van der Waals surface area contributed by atoms with E-state index in [1.54, 1.807) is 93.5 Å². The number of hydrogen-bond acceptors (Lipinski definition) is 13. The molecule has 0 atom stereocenters. The highest BCUT2D eigenvalue weighted by molar-refractivity contribution is 6.31. The number of methoxy groups -OCH3 is 1. The molecule has 0 saturated carbocycles. The molecular formula is C60H62Cl3FN8O10. The van der Waals surface area contributed by atoms with Crippen LogP contribution in [-0.4, -0.2) is 127 Å². The molecule has 6 aromatic heterocycles. The Bertz CT molecular complexity index is 3620. The molecule has 6 heterocycles. The van der Waals surface area contributed by atoms with E-state index in [4.69, 9.17) is 73.6 Å². The van der Waals surface area contributed by atoms with Crippen molar-refractivity contribution in [1.29, 1.82) is 0 Å². The van der Waals surface area contributed by atoms with Crippen LogP contribution in [0.4, 0.5) is 4.39 Å². The minimum absolute atomic E-state index is 0.0137. The number of aliphatic hydroxyl groups is 1. The zero-order chi connectivity index (χ0) is 58.9. The number of aliphatic hydroxyl groups excluding tert-OH is 1. The fraction of sp³-hybridized carbons (Fsp3) is 0.283. The van der Waals surface area contributed by atoms with Crippen LogP contribution in [0.2, 0.25) is 15.1 Å². The second-order valence-electron chi connectivity index (χ2n) is 18.0. The molecule has 0 aliphatic carbocycles. The van der Waals surface area contributed by atoms with E-state index in [9.17, 15) is 23.6 Å². The summed E-state index contributed by atoms with van der Waals surface area (Å²) in [7, 11) is 1.34. The summed E-state index contributed by atoms with van der Waals surface area (Å²) in [5, 5.41) is 10.6. The monoisotopic (exact) mass is 1180 g/mol. The van der Waals surface area contributed by atoms with Crippen molar-refractivity contribution in [2.45, 2.75) is 53.9 Å². The lowest BCUT2D eigenvalue weighted by molar-refractivity contribution is -0.147. The van der Waals surface area contributed by atoms with Gasteiger partial charge < -0.3 is 51.8 Å². The maximum atomic E-state index is 12.8. The second-order valence-corrected chi connectivity index (χ2v) is 19.3. The van der Waals surface area contributed by atoms with Crippen LogP contribution in [0.15, 0.2) is 128 Å². The van der Waals surface area contributed by atoms with E-state index >= 15 is 0 Å². The van der Waals surface area contributed by atoms with E-state index in [1.165, 1.54) is 14.0 Å². The van der Waals surface area contributed by atoms with E-state index in [0.29, 0.717) is 86.9 Å². The quantitative estimate of drug-likeness (QED) is 0.0528. The highest BCUT2D eigenvalue weighted by atomic mass is 35.5. The van der Waals surface area contributed by atoms with Crippen LogP contribution in [0.5, 0.6) is 17.2 Å². The number of carbonyl (C=O) groups excluding carboxylic acids is 4. The Labute approximate surface area is 488 Å². The summed E-state index contributed by atoms with van der Waals surface area (Å²) in [6.45, 7) is 10.7. The molecule has 0 aliphatic rings. The Kier molecular flexibility index (Phi) is 22.1. The van der Waals surface area contributed by atoms with Gasteiger partial charge in [-0.25, -0.2) is 19.3 Å². The van der Waals surface area contributed by atoms with Gasteiger partial charge in [-0.15, -0.1) is 0 Å². The third-order valence-electron chi connectivity index (χ3n) is 12.9. The molecule has 0 radical (unpaired) electrons. The van der Waals surface area contributed by atoms with Crippen molar-refractivity contribution in [3.8, 4) is 51.0 Å². The van der Waals surface area contributed by atoms with Crippen molar-refractivity contribution in [2.75, 3.05) is 60.2 Å². The number of imidazole rings is 3. The number of esters is 2. The Morgan fingerprint density at radius 3 is 1.21 bits per heavy atom. The van der Waals surface area contributed by atoms with E-state index in [-0.39, 0.29) is 57.2 Å². The van der Waals surface area contributed by atoms with Gasteiger partial charge in [-0.05, 0) is 137 Å². The van der Waals surface area contributed by atoms with Crippen molar-refractivity contribution < 1.29 is 52.4 Å². The number of amides is 2. The number of hydrogen-bond donors (Lipinski definition) is 1. The van der Waals surface area contributed by atoms with Crippen molar-refractivity contribution in [2.24, 2.45) is 0 Å². The van der Waals surface area contributed by atoms with Gasteiger partial charge in [0.15, 0.2) is 6.79 Å². The summed E-state index contributed by atoms with van der Waals surface area (Å²) in [5.74, 6) is 1.00. The Hall–Kier alpha value is -8.23. The first-order valence-corrected chi connectivity index (χ1v) is 27.4. The molecule has 9 rings (SSSR count). The van der Waals surface area contributed by atoms with Crippen LogP contribution in [0.25, 0.3) is 50.7 Å². The van der Waals surface area contributed by atoms with Gasteiger partial charge in [0.1, 0.15) is 47.5 Å². The second kappa shape index (κ2) is 29.5. The average Bonchev–Trinajstić information content (AvgIpc) is 4.27. The number of likely N-dealkylation sites (N-methyl/N-ethyl adjacent to an activating group) is 2.